The van der Waals surface area contributed by atoms with Crippen LogP contribution in [-0.2, 0) is 10.3 Å². The third-order valence-corrected chi connectivity index (χ3v) is 3.23. The number of nitrogens with zero attached hydrogens (tertiary/aromatic N) is 2. The molecular weight excluding hydrogens is 246 g/mol. The predicted molar refractivity (Wildman–Crippen MR) is 69.4 cm³/mol. The Bertz CT molecular complexity index is 428. The van der Waals surface area contributed by atoms with E-state index in [1.807, 2.05) is 20.8 Å². The quantitative estimate of drug-likeness (QED) is 0.839. The van der Waals surface area contributed by atoms with Crippen LogP contribution in [0.5, 0.6) is 0 Å². The smallest absolute Gasteiger partial charge is 0.410 e. The standard InChI is InChI=1S/C13H21N3O3/c1-12(2,3)19-11(17)16-6-4-13(14,5-7-16)10-8-15-9-18-10/h8-9H,4-7,14H2,1-3H3. The summed E-state index contributed by atoms with van der Waals surface area (Å²) in [6.45, 7) is 6.70. The molecule has 19 heavy (non-hydrogen) atoms. The Hall–Kier alpha value is -1.56. The van der Waals surface area contributed by atoms with Crippen LogP contribution in [0.2, 0.25) is 0 Å². The molecule has 1 fully saturated rings. The van der Waals surface area contributed by atoms with E-state index in [4.69, 9.17) is 14.9 Å². The van der Waals surface area contributed by atoms with Crippen LogP contribution in [0.25, 0.3) is 0 Å². The molecular formula is C13H21N3O3. The van der Waals surface area contributed by atoms with Gasteiger partial charge in [0.2, 0.25) is 0 Å². The van der Waals surface area contributed by atoms with E-state index in [2.05, 4.69) is 4.98 Å². The highest BCUT2D eigenvalue weighted by molar-refractivity contribution is 5.68. The maximum Gasteiger partial charge on any atom is 0.410 e. The first-order valence-electron chi connectivity index (χ1n) is 6.46. The molecule has 1 aromatic heterocycles. The number of hydrogen-bond donors (Lipinski definition) is 1. The minimum absolute atomic E-state index is 0.285. The fraction of sp³-hybridized carbons (Fsp3) is 0.692. The molecule has 1 saturated heterocycles. The highest BCUT2D eigenvalue weighted by atomic mass is 16.6. The number of likely N-dealkylation sites (tertiary alicyclic amines) is 1. The lowest BCUT2D eigenvalue weighted by Gasteiger charge is -2.38. The van der Waals surface area contributed by atoms with Gasteiger partial charge in [-0.2, -0.15) is 0 Å². The van der Waals surface area contributed by atoms with E-state index in [1.54, 1.807) is 11.1 Å². The van der Waals surface area contributed by atoms with Gasteiger partial charge in [0, 0.05) is 13.1 Å². The van der Waals surface area contributed by atoms with Gasteiger partial charge in [-0.1, -0.05) is 0 Å². The molecule has 1 amide bonds. The molecule has 0 unspecified atom stereocenters. The zero-order valence-electron chi connectivity index (χ0n) is 11.7. The number of carbonyl (C=O) groups is 1. The molecule has 1 aromatic rings. The van der Waals surface area contributed by atoms with E-state index in [0.717, 1.165) is 0 Å². The van der Waals surface area contributed by atoms with Crippen LogP contribution in [0.4, 0.5) is 4.79 Å². The monoisotopic (exact) mass is 267 g/mol. The lowest BCUT2D eigenvalue weighted by Crippen LogP contribution is -2.50. The number of nitrogens with two attached hydrogens (primary N) is 1. The van der Waals surface area contributed by atoms with Crippen LogP contribution in [0.1, 0.15) is 39.4 Å². The topological polar surface area (TPSA) is 81.6 Å². The number of hydrogen-bond acceptors (Lipinski definition) is 5. The summed E-state index contributed by atoms with van der Waals surface area (Å²) in [5, 5.41) is 0. The van der Waals surface area contributed by atoms with Gasteiger partial charge >= 0.3 is 6.09 Å². The van der Waals surface area contributed by atoms with E-state index in [-0.39, 0.29) is 6.09 Å². The Labute approximate surface area is 112 Å². The summed E-state index contributed by atoms with van der Waals surface area (Å²) < 4.78 is 10.6. The average Bonchev–Trinajstić information content (AvgIpc) is 2.81. The number of rotatable bonds is 1. The maximum atomic E-state index is 11.9. The van der Waals surface area contributed by atoms with Crippen molar-refractivity contribution in [1.82, 2.24) is 9.88 Å². The lowest BCUT2D eigenvalue weighted by molar-refractivity contribution is 0.0155. The first-order chi connectivity index (χ1) is 8.80. The van der Waals surface area contributed by atoms with Crippen LogP contribution in [0.15, 0.2) is 17.0 Å². The van der Waals surface area contributed by atoms with Gasteiger partial charge in [0.05, 0.1) is 11.7 Å². The largest absolute Gasteiger partial charge is 0.447 e. The first kappa shape index (κ1) is 13.9. The number of amides is 1. The molecule has 2 rings (SSSR count). The zero-order chi connectivity index (χ0) is 14.1. The van der Waals surface area contributed by atoms with Crippen molar-refractivity contribution in [3.63, 3.8) is 0 Å². The first-order valence-corrected chi connectivity index (χ1v) is 6.46. The minimum Gasteiger partial charge on any atom is -0.447 e. The minimum atomic E-state index is -0.533. The normalized spacial score (nSPS) is 19.3. The van der Waals surface area contributed by atoms with Gasteiger partial charge in [0.1, 0.15) is 11.4 Å². The molecule has 2 heterocycles. The van der Waals surface area contributed by atoms with Crippen LogP contribution in [0, 0.1) is 0 Å². The molecule has 1 aliphatic rings. The van der Waals surface area contributed by atoms with Crippen LogP contribution < -0.4 is 5.73 Å². The zero-order valence-corrected chi connectivity index (χ0v) is 11.7. The number of piperidine rings is 1. The van der Waals surface area contributed by atoms with Crippen molar-refractivity contribution in [2.75, 3.05) is 13.1 Å². The van der Waals surface area contributed by atoms with Crippen molar-refractivity contribution in [2.45, 2.75) is 44.8 Å². The second kappa shape index (κ2) is 4.85. The van der Waals surface area contributed by atoms with Crippen molar-refractivity contribution in [1.29, 1.82) is 0 Å². The third kappa shape index (κ3) is 3.26. The van der Waals surface area contributed by atoms with Gasteiger partial charge in [0.15, 0.2) is 6.39 Å². The summed E-state index contributed by atoms with van der Waals surface area (Å²) in [5.74, 6) is 0.677. The molecule has 0 spiro atoms. The van der Waals surface area contributed by atoms with Crippen molar-refractivity contribution >= 4 is 6.09 Å². The van der Waals surface area contributed by atoms with E-state index < -0.39 is 11.1 Å². The Morgan fingerprint density at radius 1 is 1.47 bits per heavy atom. The summed E-state index contributed by atoms with van der Waals surface area (Å²) >= 11 is 0. The van der Waals surface area contributed by atoms with Crippen molar-refractivity contribution in [2.24, 2.45) is 5.73 Å². The van der Waals surface area contributed by atoms with Crippen molar-refractivity contribution in [3.05, 3.63) is 18.4 Å². The van der Waals surface area contributed by atoms with Gasteiger partial charge < -0.3 is 19.8 Å². The number of carbonyl (C=O) groups excluding carboxylic acids is 1. The van der Waals surface area contributed by atoms with Crippen LogP contribution in [-0.4, -0.2) is 34.7 Å². The van der Waals surface area contributed by atoms with Crippen LogP contribution in [0.3, 0.4) is 0 Å². The average molecular weight is 267 g/mol. The second-order valence-corrected chi connectivity index (χ2v) is 5.99. The number of aromatic nitrogens is 1. The van der Waals surface area contributed by atoms with Gasteiger partial charge in [-0.05, 0) is 33.6 Å². The molecule has 106 valence electrons. The molecule has 0 aromatic carbocycles. The van der Waals surface area contributed by atoms with E-state index in [0.29, 0.717) is 31.7 Å². The molecule has 2 N–H and O–H groups in total. The fourth-order valence-corrected chi connectivity index (χ4v) is 2.12. The van der Waals surface area contributed by atoms with E-state index >= 15 is 0 Å². The predicted octanol–water partition coefficient (Wildman–Crippen LogP) is 1.86. The highest BCUT2D eigenvalue weighted by Crippen LogP contribution is 2.30. The van der Waals surface area contributed by atoms with Crippen molar-refractivity contribution < 1.29 is 13.9 Å². The van der Waals surface area contributed by atoms with Gasteiger partial charge in [0.25, 0.3) is 0 Å². The SMILES string of the molecule is CC(C)(C)OC(=O)N1CCC(N)(c2cnco2)CC1. The van der Waals surface area contributed by atoms with Gasteiger partial charge in [-0.3, -0.25) is 0 Å². The second-order valence-electron chi connectivity index (χ2n) is 5.99. The van der Waals surface area contributed by atoms with Gasteiger partial charge in [-0.25, -0.2) is 9.78 Å². The Balaban J connectivity index is 1.94. The van der Waals surface area contributed by atoms with Gasteiger partial charge in [-0.15, -0.1) is 0 Å². The molecule has 0 bridgehead atoms. The maximum absolute atomic E-state index is 11.9. The lowest BCUT2D eigenvalue weighted by atomic mass is 9.87. The summed E-state index contributed by atoms with van der Waals surface area (Å²) in [7, 11) is 0. The molecule has 0 atom stereocenters. The summed E-state index contributed by atoms with van der Waals surface area (Å²) in [5.41, 5.74) is 5.30. The van der Waals surface area contributed by atoms with Crippen molar-refractivity contribution in [3.8, 4) is 0 Å². The van der Waals surface area contributed by atoms with Crippen LogP contribution >= 0.6 is 0 Å². The molecule has 6 heteroatoms. The summed E-state index contributed by atoms with van der Waals surface area (Å²) in [6.07, 6.45) is 4.02. The van der Waals surface area contributed by atoms with E-state index in [9.17, 15) is 4.79 Å². The third-order valence-electron chi connectivity index (χ3n) is 3.23. The molecule has 6 nitrogen and oxygen atoms in total. The number of oxazole rings is 1. The summed E-state index contributed by atoms with van der Waals surface area (Å²) in [6, 6.07) is 0. The van der Waals surface area contributed by atoms with E-state index in [1.165, 1.54) is 6.39 Å². The Morgan fingerprint density at radius 2 is 2.11 bits per heavy atom. The molecule has 0 aliphatic carbocycles. The molecule has 0 radical (unpaired) electrons. The fourth-order valence-electron chi connectivity index (χ4n) is 2.12. The Morgan fingerprint density at radius 3 is 2.58 bits per heavy atom. The highest BCUT2D eigenvalue weighted by Gasteiger charge is 2.37. The summed E-state index contributed by atoms with van der Waals surface area (Å²) in [4.78, 5) is 17.5. The number of ether oxygens (including phenoxy) is 1. The molecule has 0 saturated carbocycles. The molecule has 1 aliphatic heterocycles. The Kier molecular flexibility index (Phi) is 3.54.